The summed E-state index contributed by atoms with van der Waals surface area (Å²) in [5.41, 5.74) is 2.28. The van der Waals surface area contributed by atoms with E-state index in [1.807, 2.05) is 31.3 Å². The molecule has 5 heteroatoms. The monoisotopic (exact) mass is 308 g/mol. The highest BCUT2D eigenvalue weighted by atomic mass is 35.5. The smallest absolute Gasteiger partial charge is 0.185 e. The van der Waals surface area contributed by atoms with Crippen LogP contribution in [0.4, 0.5) is 5.13 Å². The van der Waals surface area contributed by atoms with Crippen LogP contribution >= 0.6 is 22.9 Å². The Kier molecular flexibility index (Phi) is 3.96. The van der Waals surface area contributed by atoms with E-state index in [1.54, 1.807) is 11.3 Å². The van der Waals surface area contributed by atoms with Gasteiger partial charge in [-0.1, -0.05) is 35.1 Å². The SMILES string of the molecule is CN(Cc1ccc(Cl)cc1)c1nc2c(s1)C(O)CCC2. The van der Waals surface area contributed by atoms with Crippen molar-refractivity contribution in [2.75, 3.05) is 11.9 Å². The Morgan fingerprint density at radius 2 is 2.15 bits per heavy atom. The van der Waals surface area contributed by atoms with Crippen LogP contribution < -0.4 is 4.90 Å². The van der Waals surface area contributed by atoms with E-state index >= 15 is 0 Å². The van der Waals surface area contributed by atoms with Crippen LogP contribution in [0.1, 0.15) is 35.1 Å². The van der Waals surface area contributed by atoms with Crippen molar-refractivity contribution in [3.63, 3.8) is 0 Å². The van der Waals surface area contributed by atoms with E-state index in [9.17, 15) is 5.11 Å². The molecule has 0 fully saturated rings. The fraction of sp³-hybridized carbons (Fsp3) is 0.400. The number of rotatable bonds is 3. The summed E-state index contributed by atoms with van der Waals surface area (Å²) >= 11 is 7.51. The van der Waals surface area contributed by atoms with Crippen LogP contribution in [0.5, 0.6) is 0 Å². The number of aryl methyl sites for hydroxylation is 1. The quantitative estimate of drug-likeness (QED) is 0.937. The zero-order chi connectivity index (χ0) is 14.1. The lowest BCUT2D eigenvalue weighted by Gasteiger charge is -2.15. The maximum atomic E-state index is 10.0. The van der Waals surface area contributed by atoms with Gasteiger partial charge in [0.1, 0.15) is 0 Å². The summed E-state index contributed by atoms with van der Waals surface area (Å²) < 4.78 is 0. The number of benzene rings is 1. The normalized spacial score (nSPS) is 17.9. The van der Waals surface area contributed by atoms with Crippen molar-refractivity contribution in [2.24, 2.45) is 0 Å². The Morgan fingerprint density at radius 1 is 1.40 bits per heavy atom. The molecule has 1 aliphatic rings. The van der Waals surface area contributed by atoms with E-state index in [0.29, 0.717) is 0 Å². The number of aliphatic hydroxyl groups excluding tert-OH is 1. The minimum atomic E-state index is -0.325. The number of halogens is 1. The van der Waals surface area contributed by atoms with Crippen LogP contribution in [-0.4, -0.2) is 17.1 Å². The van der Waals surface area contributed by atoms with E-state index in [2.05, 4.69) is 9.88 Å². The van der Waals surface area contributed by atoms with Crippen molar-refractivity contribution in [3.8, 4) is 0 Å². The number of aliphatic hydroxyl groups is 1. The molecule has 1 N–H and O–H groups in total. The van der Waals surface area contributed by atoms with Gasteiger partial charge in [-0.15, -0.1) is 0 Å². The molecule has 20 heavy (non-hydrogen) atoms. The number of nitrogens with zero attached hydrogens (tertiary/aromatic N) is 2. The number of aromatic nitrogens is 1. The van der Waals surface area contributed by atoms with Gasteiger partial charge >= 0.3 is 0 Å². The average molecular weight is 309 g/mol. The number of hydrogen-bond acceptors (Lipinski definition) is 4. The molecule has 0 radical (unpaired) electrons. The highest BCUT2D eigenvalue weighted by Gasteiger charge is 2.23. The molecule has 1 unspecified atom stereocenters. The maximum absolute atomic E-state index is 10.0. The summed E-state index contributed by atoms with van der Waals surface area (Å²) in [6, 6.07) is 7.87. The van der Waals surface area contributed by atoms with Gasteiger partial charge in [0.15, 0.2) is 5.13 Å². The number of thiazole rings is 1. The van der Waals surface area contributed by atoms with Gasteiger partial charge in [-0.3, -0.25) is 0 Å². The Bertz CT molecular complexity index is 596. The minimum absolute atomic E-state index is 0.325. The molecule has 3 nitrogen and oxygen atoms in total. The fourth-order valence-electron chi connectivity index (χ4n) is 2.48. The summed E-state index contributed by atoms with van der Waals surface area (Å²) in [5.74, 6) is 0. The first-order chi connectivity index (χ1) is 9.63. The summed E-state index contributed by atoms with van der Waals surface area (Å²) in [4.78, 5) is 7.85. The lowest BCUT2D eigenvalue weighted by molar-refractivity contribution is 0.160. The summed E-state index contributed by atoms with van der Waals surface area (Å²) in [7, 11) is 2.03. The van der Waals surface area contributed by atoms with Gasteiger partial charge in [0.05, 0.1) is 16.7 Å². The van der Waals surface area contributed by atoms with Crippen molar-refractivity contribution < 1.29 is 5.11 Å². The molecular formula is C15H17ClN2OS. The first-order valence-corrected chi connectivity index (χ1v) is 7.96. The molecule has 0 amide bonds. The highest BCUT2D eigenvalue weighted by Crippen LogP contribution is 2.37. The lowest BCUT2D eigenvalue weighted by atomic mass is 10.0. The van der Waals surface area contributed by atoms with Gasteiger partial charge < -0.3 is 10.0 Å². The fourth-order valence-corrected chi connectivity index (χ4v) is 3.70. The van der Waals surface area contributed by atoms with Crippen molar-refractivity contribution in [3.05, 3.63) is 45.4 Å². The van der Waals surface area contributed by atoms with E-state index < -0.39 is 0 Å². The summed E-state index contributed by atoms with van der Waals surface area (Å²) in [6.07, 6.45) is 2.54. The Balaban J connectivity index is 1.77. The maximum Gasteiger partial charge on any atom is 0.185 e. The van der Waals surface area contributed by atoms with Gasteiger partial charge in [0.2, 0.25) is 0 Å². The molecule has 3 rings (SSSR count). The van der Waals surface area contributed by atoms with Crippen molar-refractivity contribution >= 4 is 28.1 Å². The van der Waals surface area contributed by atoms with Crippen LogP contribution in [0.2, 0.25) is 5.02 Å². The number of anilines is 1. The minimum Gasteiger partial charge on any atom is -0.388 e. The molecule has 1 aliphatic carbocycles. The predicted molar refractivity (Wildman–Crippen MR) is 83.6 cm³/mol. The van der Waals surface area contributed by atoms with Crippen LogP contribution in [0.3, 0.4) is 0 Å². The van der Waals surface area contributed by atoms with Crippen LogP contribution in [0.25, 0.3) is 0 Å². The lowest BCUT2D eigenvalue weighted by Crippen LogP contribution is -2.16. The van der Waals surface area contributed by atoms with E-state index in [4.69, 9.17) is 11.6 Å². The van der Waals surface area contributed by atoms with Crippen molar-refractivity contribution in [2.45, 2.75) is 31.9 Å². The van der Waals surface area contributed by atoms with Crippen LogP contribution in [0, 0.1) is 0 Å². The molecule has 1 aromatic heterocycles. The van der Waals surface area contributed by atoms with Crippen LogP contribution in [0.15, 0.2) is 24.3 Å². The third kappa shape index (κ3) is 2.82. The third-order valence-corrected chi connectivity index (χ3v) is 5.13. The zero-order valence-corrected chi connectivity index (χ0v) is 12.9. The molecule has 0 aliphatic heterocycles. The van der Waals surface area contributed by atoms with E-state index in [1.165, 1.54) is 5.56 Å². The molecule has 1 heterocycles. The molecule has 1 aromatic carbocycles. The molecule has 0 spiro atoms. The second-order valence-electron chi connectivity index (χ2n) is 5.20. The molecule has 0 saturated heterocycles. The standard InChI is InChI=1S/C15H17ClN2OS/c1-18(9-10-5-7-11(16)8-6-10)15-17-12-3-2-4-13(19)14(12)20-15/h5-8,13,19H,2-4,9H2,1H3. The first kappa shape index (κ1) is 13.9. The molecule has 2 aromatic rings. The molecular weight excluding hydrogens is 292 g/mol. The topological polar surface area (TPSA) is 36.4 Å². The number of fused-ring (bicyclic) bond motifs is 1. The Labute approximate surface area is 127 Å². The predicted octanol–water partition coefficient (Wildman–Crippen LogP) is 3.80. The third-order valence-electron chi connectivity index (χ3n) is 3.57. The van der Waals surface area contributed by atoms with Gasteiger partial charge in [-0.25, -0.2) is 4.98 Å². The summed E-state index contributed by atoms with van der Waals surface area (Å²) in [6.45, 7) is 0.791. The molecule has 106 valence electrons. The van der Waals surface area contributed by atoms with Crippen molar-refractivity contribution in [1.82, 2.24) is 4.98 Å². The average Bonchev–Trinajstić information content (AvgIpc) is 2.87. The summed E-state index contributed by atoms with van der Waals surface area (Å²) in [5, 5.41) is 11.7. The molecule has 0 bridgehead atoms. The Hall–Kier alpha value is -1.10. The highest BCUT2D eigenvalue weighted by molar-refractivity contribution is 7.15. The van der Waals surface area contributed by atoms with Gasteiger partial charge in [0.25, 0.3) is 0 Å². The zero-order valence-electron chi connectivity index (χ0n) is 11.3. The largest absolute Gasteiger partial charge is 0.388 e. The van der Waals surface area contributed by atoms with E-state index in [-0.39, 0.29) is 6.10 Å². The number of hydrogen-bond donors (Lipinski definition) is 1. The van der Waals surface area contributed by atoms with Crippen LogP contribution in [-0.2, 0) is 13.0 Å². The van der Waals surface area contributed by atoms with Gasteiger partial charge in [0, 0.05) is 18.6 Å². The Morgan fingerprint density at radius 3 is 2.85 bits per heavy atom. The van der Waals surface area contributed by atoms with Gasteiger partial charge in [-0.05, 0) is 37.0 Å². The van der Waals surface area contributed by atoms with Gasteiger partial charge in [-0.2, -0.15) is 0 Å². The van der Waals surface area contributed by atoms with Crippen molar-refractivity contribution in [1.29, 1.82) is 0 Å². The second-order valence-corrected chi connectivity index (χ2v) is 6.64. The second kappa shape index (κ2) is 5.72. The molecule has 0 saturated carbocycles. The first-order valence-electron chi connectivity index (χ1n) is 6.77. The molecule has 1 atom stereocenters. The van der Waals surface area contributed by atoms with E-state index in [0.717, 1.165) is 46.5 Å².